The SMILES string of the molecule is CCc1ccc2nc(N(Cc3ccccn3)C(=O)c3cccc(S(=O)(=O)C(C)C)c3)sc2c1. The molecule has 0 aliphatic heterocycles. The highest BCUT2D eigenvalue weighted by molar-refractivity contribution is 7.92. The van der Waals surface area contributed by atoms with Gasteiger partial charge in [0.1, 0.15) is 0 Å². The maximum atomic E-state index is 13.7. The minimum absolute atomic E-state index is 0.137. The van der Waals surface area contributed by atoms with Crippen molar-refractivity contribution in [3.05, 3.63) is 83.7 Å². The Bertz CT molecular complexity index is 1400. The number of rotatable bonds is 7. The van der Waals surface area contributed by atoms with Crippen LogP contribution in [0.25, 0.3) is 10.2 Å². The van der Waals surface area contributed by atoms with Crippen molar-refractivity contribution in [3.63, 3.8) is 0 Å². The van der Waals surface area contributed by atoms with Gasteiger partial charge in [0.15, 0.2) is 15.0 Å². The number of sulfone groups is 1. The van der Waals surface area contributed by atoms with Crippen LogP contribution < -0.4 is 4.90 Å². The Morgan fingerprint density at radius 1 is 1.06 bits per heavy atom. The lowest BCUT2D eigenvalue weighted by atomic mass is 10.2. The second-order valence-electron chi connectivity index (χ2n) is 7.99. The van der Waals surface area contributed by atoms with Crippen LogP contribution in [0.4, 0.5) is 5.13 Å². The van der Waals surface area contributed by atoms with Gasteiger partial charge in [-0.25, -0.2) is 13.4 Å². The van der Waals surface area contributed by atoms with E-state index in [1.807, 2.05) is 30.3 Å². The molecule has 0 unspecified atom stereocenters. The van der Waals surface area contributed by atoms with Crippen LogP contribution in [0.5, 0.6) is 0 Å². The second-order valence-corrected chi connectivity index (χ2v) is 11.5. The van der Waals surface area contributed by atoms with Gasteiger partial charge in [-0.1, -0.05) is 36.5 Å². The molecule has 0 saturated carbocycles. The molecule has 2 aromatic carbocycles. The highest BCUT2D eigenvalue weighted by Crippen LogP contribution is 2.32. The monoisotopic (exact) mass is 479 g/mol. The summed E-state index contributed by atoms with van der Waals surface area (Å²) >= 11 is 1.44. The molecule has 2 aromatic heterocycles. The molecule has 8 heteroatoms. The Hall–Kier alpha value is -3.10. The fourth-order valence-corrected chi connectivity index (χ4v) is 5.54. The van der Waals surface area contributed by atoms with Gasteiger partial charge in [-0.15, -0.1) is 0 Å². The molecule has 0 fully saturated rings. The molecule has 0 atom stereocenters. The molecule has 0 bridgehead atoms. The van der Waals surface area contributed by atoms with E-state index in [1.54, 1.807) is 37.1 Å². The summed E-state index contributed by atoms with van der Waals surface area (Å²) in [6, 6.07) is 17.9. The zero-order valence-corrected chi connectivity index (χ0v) is 20.4. The number of carbonyl (C=O) groups is 1. The summed E-state index contributed by atoms with van der Waals surface area (Å²) in [6.07, 6.45) is 2.59. The Kier molecular flexibility index (Phi) is 6.58. The molecule has 0 aliphatic carbocycles. The van der Waals surface area contributed by atoms with Gasteiger partial charge in [-0.05, 0) is 68.3 Å². The summed E-state index contributed by atoms with van der Waals surface area (Å²) < 4.78 is 26.3. The number of hydrogen-bond acceptors (Lipinski definition) is 6. The van der Waals surface area contributed by atoms with Crippen molar-refractivity contribution in [3.8, 4) is 0 Å². The van der Waals surface area contributed by atoms with Gasteiger partial charge in [0.05, 0.1) is 32.6 Å². The molecular formula is C25H25N3O3S2. The van der Waals surface area contributed by atoms with Gasteiger partial charge >= 0.3 is 0 Å². The van der Waals surface area contributed by atoms with Crippen LogP contribution in [-0.2, 0) is 22.8 Å². The average Bonchev–Trinajstić information content (AvgIpc) is 3.25. The number of pyridine rings is 1. The van der Waals surface area contributed by atoms with Crippen molar-refractivity contribution in [1.29, 1.82) is 0 Å². The number of amides is 1. The number of fused-ring (bicyclic) bond motifs is 1. The lowest BCUT2D eigenvalue weighted by molar-refractivity contribution is 0.0984. The van der Waals surface area contributed by atoms with Gasteiger partial charge in [-0.3, -0.25) is 14.7 Å². The third-order valence-electron chi connectivity index (χ3n) is 5.40. The van der Waals surface area contributed by atoms with E-state index in [1.165, 1.54) is 29.0 Å². The molecular weight excluding hydrogens is 454 g/mol. The summed E-state index contributed by atoms with van der Waals surface area (Å²) in [6.45, 7) is 5.57. The molecule has 0 aliphatic rings. The minimum Gasteiger partial charge on any atom is -0.278 e. The predicted molar refractivity (Wildman–Crippen MR) is 133 cm³/mol. The van der Waals surface area contributed by atoms with Crippen molar-refractivity contribution in [2.45, 2.75) is 43.9 Å². The Morgan fingerprint density at radius 2 is 1.88 bits per heavy atom. The van der Waals surface area contributed by atoms with Crippen LogP contribution in [0.2, 0.25) is 0 Å². The van der Waals surface area contributed by atoms with E-state index in [4.69, 9.17) is 4.98 Å². The van der Waals surface area contributed by atoms with Gasteiger partial charge in [0, 0.05) is 11.8 Å². The standard InChI is InChI=1S/C25H25N3O3S2/c1-4-18-11-12-22-23(14-18)32-25(27-22)28(16-20-9-5-6-13-26-20)24(29)19-8-7-10-21(15-19)33(30,31)17(2)3/h5-15,17H,4,16H2,1-3H3. The fourth-order valence-electron chi connectivity index (χ4n) is 3.41. The van der Waals surface area contributed by atoms with Gasteiger partial charge < -0.3 is 0 Å². The van der Waals surface area contributed by atoms with Crippen LogP contribution in [0, 0.1) is 0 Å². The van der Waals surface area contributed by atoms with Gasteiger partial charge in [-0.2, -0.15) is 0 Å². The zero-order valence-electron chi connectivity index (χ0n) is 18.7. The van der Waals surface area contributed by atoms with E-state index < -0.39 is 15.1 Å². The van der Waals surface area contributed by atoms with E-state index in [2.05, 4.69) is 18.0 Å². The maximum Gasteiger partial charge on any atom is 0.260 e. The van der Waals surface area contributed by atoms with E-state index in [9.17, 15) is 13.2 Å². The van der Waals surface area contributed by atoms with Gasteiger partial charge in [0.25, 0.3) is 5.91 Å². The van der Waals surface area contributed by atoms with Crippen molar-refractivity contribution < 1.29 is 13.2 Å². The molecule has 33 heavy (non-hydrogen) atoms. The maximum absolute atomic E-state index is 13.7. The van der Waals surface area contributed by atoms with E-state index >= 15 is 0 Å². The summed E-state index contributed by atoms with van der Waals surface area (Å²) in [5.74, 6) is -0.323. The highest BCUT2D eigenvalue weighted by Gasteiger charge is 2.25. The number of anilines is 1. The third kappa shape index (κ3) is 4.82. The molecule has 4 aromatic rings. The van der Waals surface area contributed by atoms with Crippen molar-refractivity contribution in [2.24, 2.45) is 0 Å². The lowest BCUT2D eigenvalue weighted by Gasteiger charge is -2.20. The Balaban J connectivity index is 1.78. The van der Waals surface area contributed by atoms with Crippen LogP contribution >= 0.6 is 11.3 Å². The van der Waals surface area contributed by atoms with Crippen molar-refractivity contribution >= 4 is 42.4 Å². The Morgan fingerprint density at radius 3 is 2.58 bits per heavy atom. The first-order chi connectivity index (χ1) is 15.8. The number of benzene rings is 2. The molecule has 1 amide bonds. The fraction of sp³-hybridized carbons (Fsp3) is 0.240. The first-order valence-electron chi connectivity index (χ1n) is 10.7. The Labute approximate surface area is 197 Å². The number of thiazole rings is 1. The lowest BCUT2D eigenvalue weighted by Crippen LogP contribution is -2.31. The molecule has 2 heterocycles. The average molecular weight is 480 g/mol. The van der Waals surface area contributed by atoms with Crippen LogP contribution in [0.3, 0.4) is 0 Å². The number of aromatic nitrogens is 2. The van der Waals surface area contributed by atoms with E-state index in [0.29, 0.717) is 16.4 Å². The molecule has 170 valence electrons. The van der Waals surface area contributed by atoms with Crippen LogP contribution in [-0.4, -0.2) is 29.5 Å². The van der Waals surface area contributed by atoms with E-state index in [-0.39, 0.29) is 17.3 Å². The first kappa shape index (κ1) is 23.1. The van der Waals surface area contributed by atoms with Crippen molar-refractivity contribution in [2.75, 3.05) is 4.90 Å². The number of hydrogen-bond donors (Lipinski definition) is 0. The van der Waals surface area contributed by atoms with Crippen LogP contribution in [0.1, 0.15) is 42.4 Å². The molecule has 0 spiro atoms. The second kappa shape index (κ2) is 9.41. The van der Waals surface area contributed by atoms with E-state index in [0.717, 1.165) is 16.6 Å². The number of nitrogens with zero attached hydrogens (tertiary/aromatic N) is 3. The first-order valence-corrected chi connectivity index (χ1v) is 13.1. The molecule has 0 radical (unpaired) electrons. The summed E-state index contributed by atoms with van der Waals surface area (Å²) in [4.78, 5) is 24.5. The molecule has 0 saturated heterocycles. The van der Waals surface area contributed by atoms with Gasteiger partial charge in [0.2, 0.25) is 0 Å². The van der Waals surface area contributed by atoms with Crippen LogP contribution in [0.15, 0.2) is 71.8 Å². The minimum atomic E-state index is -3.51. The molecule has 6 nitrogen and oxygen atoms in total. The van der Waals surface area contributed by atoms with Crippen molar-refractivity contribution in [1.82, 2.24) is 9.97 Å². The summed E-state index contributed by atoms with van der Waals surface area (Å²) in [7, 11) is -3.51. The molecule has 0 N–H and O–H groups in total. The molecule has 4 rings (SSSR count). The number of carbonyl (C=O) groups excluding carboxylic acids is 1. The third-order valence-corrected chi connectivity index (χ3v) is 8.60. The smallest absolute Gasteiger partial charge is 0.260 e. The summed E-state index contributed by atoms with van der Waals surface area (Å²) in [5, 5.41) is -0.0319. The summed E-state index contributed by atoms with van der Waals surface area (Å²) in [5.41, 5.74) is 3.03. The predicted octanol–water partition coefficient (Wildman–Crippen LogP) is 5.28. The topological polar surface area (TPSA) is 80.2 Å². The normalized spacial score (nSPS) is 11.8. The quantitative estimate of drug-likeness (QED) is 0.360. The zero-order chi connectivity index (χ0) is 23.6. The largest absolute Gasteiger partial charge is 0.278 e. The highest BCUT2D eigenvalue weighted by atomic mass is 32.2. The number of aryl methyl sites for hydroxylation is 1.